The molecule has 8 heteroatoms. The molecule has 1 aliphatic heterocycles. The summed E-state index contributed by atoms with van der Waals surface area (Å²) in [5.41, 5.74) is 4.13. The number of hydrogen-bond donors (Lipinski definition) is 3. The molecule has 2 heterocycles. The molecule has 1 aromatic rings. The summed E-state index contributed by atoms with van der Waals surface area (Å²) >= 11 is 0. The molecule has 0 bridgehead atoms. The van der Waals surface area contributed by atoms with Crippen molar-refractivity contribution in [1.82, 2.24) is 4.98 Å². The Kier molecular flexibility index (Phi) is 3.40. The lowest BCUT2D eigenvalue weighted by atomic mass is 10.3. The number of halogens is 3. The predicted octanol–water partition coefficient (Wildman–Crippen LogP) is 1.72. The normalized spacial score (nSPS) is 20.5. The van der Waals surface area contributed by atoms with Crippen LogP contribution < -0.4 is 16.2 Å². The van der Waals surface area contributed by atoms with Crippen molar-refractivity contribution in [3.05, 3.63) is 11.8 Å². The molecule has 4 N–H and O–H groups in total. The van der Waals surface area contributed by atoms with Crippen LogP contribution in [-0.4, -0.2) is 30.5 Å². The molecule has 1 atom stereocenters. The van der Waals surface area contributed by atoms with Crippen molar-refractivity contribution in [1.29, 1.82) is 0 Å². The van der Waals surface area contributed by atoms with E-state index in [2.05, 4.69) is 15.1 Å². The molecule has 1 fully saturated rings. The first-order chi connectivity index (χ1) is 8.40. The third kappa shape index (κ3) is 2.70. The van der Waals surface area contributed by atoms with E-state index in [0.29, 0.717) is 13.0 Å². The van der Waals surface area contributed by atoms with Gasteiger partial charge in [0.25, 0.3) is 0 Å². The number of hydrazine groups is 1. The van der Waals surface area contributed by atoms with Crippen LogP contribution in [0, 0.1) is 6.92 Å². The van der Waals surface area contributed by atoms with Crippen LogP contribution in [0.5, 0.6) is 0 Å². The van der Waals surface area contributed by atoms with E-state index >= 15 is 0 Å². The van der Waals surface area contributed by atoms with E-state index in [1.54, 1.807) is 6.20 Å². The highest BCUT2D eigenvalue weighted by Gasteiger charge is 2.37. The summed E-state index contributed by atoms with van der Waals surface area (Å²) in [5.74, 6) is 6.09. The van der Waals surface area contributed by atoms with Crippen molar-refractivity contribution >= 4 is 11.5 Å². The number of nitrogen functional groups attached to an aromatic ring is 1. The van der Waals surface area contributed by atoms with Gasteiger partial charge in [-0.2, -0.15) is 0 Å². The number of alkyl halides is 3. The fourth-order valence-corrected chi connectivity index (χ4v) is 2.18. The van der Waals surface area contributed by atoms with Crippen LogP contribution in [0.4, 0.5) is 24.7 Å². The first-order valence-electron chi connectivity index (χ1n) is 5.55. The van der Waals surface area contributed by atoms with Gasteiger partial charge in [0.15, 0.2) is 0 Å². The SMILES string of the molecule is Cc1c(NN)c[nH]c1N1CCC(OC(F)(F)F)C1. The number of hydrogen-bond acceptors (Lipinski definition) is 4. The molecular weight excluding hydrogens is 249 g/mol. The molecule has 0 radical (unpaired) electrons. The van der Waals surface area contributed by atoms with Crippen LogP contribution in [0.15, 0.2) is 6.20 Å². The summed E-state index contributed by atoms with van der Waals surface area (Å²) in [6.45, 7) is 2.58. The number of nitrogens with one attached hydrogen (secondary N) is 2. The highest BCUT2D eigenvalue weighted by molar-refractivity contribution is 5.63. The zero-order valence-corrected chi connectivity index (χ0v) is 9.84. The Balaban J connectivity index is 2.02. The Bertz CT molecular complexity index is 418. The van der Waals surface area contributed by atoms with Gasteiger partial charge in [0.2, 0.25) is 0 Å². The largest absolute Gasteiger partial charge is 0.522 e. The van der Waals surface area contributed by atoms with Crippen molar-refractivity contribution < 1.29 is 17.9 Å². The number of aromatic nitrogens is 1. The van der Waals surface area contributed by atoms with Crippen LogP contribution in [-0.2, 0) is 4.74 Å². The number of nitrogens with two attached hydrogens (primary N) is 1. The van der Waals surface area contributed by atoms with Crippen LogP contribution in [0.2, 0.25) is 0 Å². The van der Waals surface area contributed by atoms with Crippen molar-refractivity contribution in [3.63, 3.8) is 0 Å². The van der Waals surface area contributed by atoms with Gasteiger partial charge in [0, 0.05) is 24.8 Å². The monoisotopic (exact) mass is 264 g/mol. The van der Waals surface area contributed by atoms with Crippen molar-refractivity contribution in [2.45, 2.75) is 25.8 Å². The minimum atomic E-state index is -4.57. The second kappa shape index (κ2) is 4.69. The van der Waals surface area contributed by atoms with Crippen molar-refractivity contribution in [2.75, 3.05) is 23.4 Å². The quantitative estimate of drug-likeness (QED) is 0.574. The number of nitrogens with zero attached hydrogens (tertiary/aromatic N) is 1. The molecule has 5 nitrogen and oxygen atoms in total. The molecule has 1 unspecified atom stereocenters. The van der Waals surface area contributed by atoms with Gasteiger partial charge < -0.3 is 15.3 Å². The van der Waals surface area contributed by atoms with E-state index < -0.39 is 12.5 Å². The van der Waals surface area contributed by atoms with E-state index in [9.17, 15) is 13.2 Å². The fourth-order valence-electron chi connectivity index (χ4n) is 2.18. The molecule has 0 spiro atoms. The average molecular weight is 264 g/mol. The highest BCUT2D eigenvalue weighted by atomic mass is 19.4. The van der Waals surface area contributed by atoms with E-state index in [1.807, 2.05) is 11.8 Å². The maximum Gasteiger partial charge on any atom is 0.522 e. The Hall–Kier alpha value is -1.41. The minimum absolute atomic E-state index is 0.213. The molecular formula is C10H15F3N4O. The standard InChI is InChI=1S/C10H15F3N4O/c1-6-8(16-14)4-15-9(6)17-3-2-7(5-17)18-10(11,12)13/h4,7,15-16H,2-3,5,14H2,1H3. The summed E-state index contributed by atoms with van der Waals surface area (Å²) < 4.78 is 40.3. The summed E-state index contributed by atoms with van der Waals surface area (Å²) in [7, 11) is 0. The lowest BCUT2D eigenvalue weighted by Crippen LogP contribution is -2.28. The molecule has 18 heavy (non-hydrogen) atoms. The number of aromatic amines is 1. The third-order valence-corrected chi connectivity index (χ3v) is 3.03. The summed E-state index contributed by atoms with van der Waals surface area (Å²) in [4.78, 5) is 4.82. The molecule has 1 aliphatic rings. The molecule has 0 aromatic carbocycles. The lowest BCUT2D eigenvalue weighted by Gasteiger charge is -2.18. The highest BCUT2D eigenvalue weighted by Crippen LogP contribution is 2.30. The van der Waals surface area contributed by atoms with E-state index in [0.717, 1.165) is 17.1 Å². The van der Waals surface area contributed by atoms with Crippen LogP contribution in [0.25, 0.3) is 0 Å². The van der Waals surface area contributed by atoms with Crippen LogP contribution in [0.3, 0.4) is 0 Å². The van der Waals surface area contributed by atoms with Gasteiger partial charge in [0.05, 0.1) is 11.8 Å². The summed E-state index contributed by atoms with van der Waals surface area (Å²) in [6, 6.07) is 0. The first-order valence-corrected chi connectivity index (χ1v) is 5.55. The van der Waals surface area contributed by atoms with Gasteiger partial charge in [-0.25, -0.2) is 0 Å². The number of H-pyrrole nitrogens is 1. The Morgan fingerprint density at radius 1 is 1.56 bits per heavy atom. The zero-order chi connectivity index (χ0) is 13.3. The maximum atomic E-state index is 12.1. The van der Waals surface area contributed by atoms with Gasteiger partial charge >= 0.3 is 6.36 Å². The lowest BCUT2D eigenvalue weighted by molar-refractivity contribution is -0.339. The predicted molar refractivity (Wildman–Crippen MR) is 61.1 cm³/mol. The number of rotatable bonds is 3. The third-order valence-electron chi connectivity index (χ3n) is 3.03. The number of ether oxygens (including phenoxy) is 1. The van der Waals surface area contributed by atoms with Crippen molar-refractivity contribution in [2.24, 2.45) is 5.84 Å². The van der Waals surface area contributed by atoms with Gasteiger partial charge in [0.1, 0.15) is 5.82 Å². The molecule has 1 aromatic heterocycles. The molecule has 2 rings (SSSR count). The average Bonchev–Trinajstić information content (AvgIpc) is 2.82. The Morgan fingerprint density at radius 3 is 2.83 bits per heavy atom. The summed E-state index contributed by atoms with van der Waals surface area (Å²) in [6.07, 6.45) is -3.36. The van der Waals surface area contributed by atoms with Crippen molar-refractivity contribution in [3.8, 4) is 0 Å². The molecule has 0 amide bonds. The minimum Gasteiger partial charge on any atom is -0.355 e. The molecule has 1 saturated heterocycles. The molecule has 0 saturated carbocycles. The zero-order valence-electron chi connectivity index (χ0n) is 9.84. The fraction of sp³-hybridized carbons (Fsp3) is 0.600. The van der Waals surface area contributed by atoms with Gasteiger partial charge in [-0.3, -0.25) is 10.6 Å². The first kappa shape index (κ1) is 13.0. The molecule has 102 valence electrons. The second-order valence-electron chi connectivity index (χ2n) is 4.24. The van der Waals surface area contributed by atoms with Gasteiger partial charge in [-0.05, 0) is 13.3 Å². The van der Waals surface area contributed by atoms with E-state index in [1.165, 1.54) is 0 Å². The number of anilines is 2. The maximum absolute atomic E-state index is 12.1. The van der Waals surface area contributed by atoms with Gasteiger partial charge in [-0.1, -0.05) is 0 Å². The topological polar surface area (TPSA) is 66.3 Å². The Labute approximate surface area is 102 Å². The molecule has 0 aliphatic carbocycles. The smallest absolute Gasteiger partial charge is 0.355 e. The van der Waals surface area contributed by atoms with E-state index in [-0.39, 0.29) is 6.54 Å². The van der Waals surface area contributed by atoms with Crippen LogP contribution in [0.1, 0.15) is 12.0 Å². The van der Waals surface area contributed by atoms with Crippen LogP contribution >= 0.6 is 0 Å². The van der Waals surface area contributed by atoms with E-state index in [4.69, 9.17) is 5.84 Å². The Morgan fingerprint density at radius 2 is 2.28 bits per heavy atom. The summed E-state index contributed by atoms with van der Waals surface area (Å²) in [5, 5.41) is 0. The van der Waals surface area contributed by atoms with Gasteiger partial charge in [-0.15, -0.1) is 13.2 Å². The second-order valence-corrected chi connectivity index (χ2v) is 4.24.